The SMILES string of the molecule is NC(=O)C[C@H]1N[C@@]2(C(=O)Nc3ccccc32)[C@H]2C(=O)N(CCc3ccccc3)C(=O)[C@H]12. The summed E-state index contributed by atoms with van der Waals surface area (Å²) in [5, 5.41) is 6.00. The van der Waals surface area contributed by atoms with Crippen LogP contribution >= 0.6 is 0 Å². The lowest BCUT2D eigenvalue weighted by Gasteiger charge is -2.29. The number of primary amides is 1. The van der Waals surface area contributed by atoms with E-state index in [2.05, 4.69) is 10.6 Å². The van der Waals surface area contributed by atoms with Gasteiger partial charge < -0.3 is 11.1 Å². The van der Waals surface area contributed by atoms with Crippen molar-refractivity contribution in [2.75, 3.05) is 11.9 Å². The van der Waals surface area contributed by atoms with Crippen molar-refractivity contribution in [3.05, 3.63) is 65.7 Å². The number of nitrogens with zero attached hydrogens (tertiary/aromatic N) is 1. The average Bonchev–Trinajstić information content (AvgIpc) is 3.32. The molecule has 0 bridgehead atoms. The van der Waals surface area contributed by atoms with Crippen LogP contribution < -0.4 is 16.4 Å². The highest BCUT2D eigenvalue weighted by atomic mass is 16.2. The summed E-state index contributed by atoms with van der Waals surface area (Å²) in [5.74, 6) is -3.49. The van der Waals surface area contributed by atoms with Gasteiger partial charge in [0.25, 0.3) is 0 Å². The van der Waals surface area contributed by atoms with Crippen molar-refractivity contribution in [3.8, 4) is 0 Å². The number of hydrogen-bond acceptors (Lipinski definition) is 5. The Morgan fingerprint density at radius 2 is 1.71 bits per heavy atom. The number of imide groups is 1. The number of para-hydroxylation sites is 1. The van der Waals surface area contributed by atoms with Crippen LogP contribution in [0.5, 0.6) is 0 Å². The third kappa shape index (κ3) is 2.79. The molecule has 4 N–H and O–H groups in total. The van der Waals surface area contributed by atoms with Crippen LogP contribution in [0.4, 0.5) is 5.69 Å². The number of carbonyl (C=O) groups is 4. The van der Waals surface area contributed by atoms with E-state index in [0.29, 0.717) is 17.7 Å². The van der Waals surface area contributed by atoms with E-state index in [9.17, 15) is 19.2 Å². The number of nitrogens with two attached hydrogens (primary N) is 1. The Balaban J connectivity index is 1.53. The Hall–Kier alpha value is -3.52. The quantitative estimate of drug-likeness (QED) is 0.612. The molecule has 2 fully saturated rings. The number of carbonyl (C=O) groups excluding carboxylic acids is 4. The van der Waals surface area contributed by atoms with Gasteiger partial charge >= 0.3 is 0 Å². The first-order valence-electron chi connectivity index (χ1n) is 10.3. The molecule has 1 spiro atoms. The summed E-state index contributed by atoms with van der Waals surface area (Å²) in [6.07, 6.45) is 0.380. The molecule has 4 amide bonds. The van der Waals surface area contributed by atoms with Crippen molar-refractivity contribution in [2.45, 2.75) is 24.4 Å². The van der Waals surface area contributed by atoms with Crippen LogP contribution in [-0.4, -0.2) is 41.1 Å². The average molecular weight is 418 g/mol. The van der Waals surface area contributed by atoms with E-state index in [4.69, 9.17) is 5.73 Å². The number of rotatable bonds is 5. The first-order valence-corrected chi connectivity index (χ1v) is 10.3. The number of fused-ring (bicyclic) bond motifs is 4. The standard InChI is InChI=1S/C23H22N4O4/c24-17(28)12-16-18-19(23(26-16)14-8-4-5-9-15(14)25-22(23)31)21(30)27(20(18)29)11-10-13-6-2-1-3-7-13/h1-9,16,18-19,26H,10-12H2,(H2,24,28)(H,25,31)/t16-,18-,19-,23-/m1/s1. The number of likely N-dealkylation sites (tertiary alicyclic amines) is 1. The first kappa shape index (κ1) is 19.4. The zero-order valence-corrected chi connectivity index (χ0v) is 16.7. The van der Waals surface area contributed by atoms with Crippen LogP contribution in [0.1, 0.15) is 17.5 Å². The lowest BCUT2D eigenvalue weighted by molar-refractivity contribution is -0.142. The van der Waals surface area contributed by atoms with Crippen LogP contribution in [0.3, 0.4) is 0 Å². The lowest BCUT2D eigenvalue weighted by Crippen LogP contribution is -2.53. The van der Waals surface area contributed by atoms with Crippen LogP contribution in [0.25, 0.3) is 0 Å². The molecule has 3 heterocycles. The van der Waals surface area contributed by atoms with Crippen molar-refractivity contribution in [3.63, 3.8) is 0 Å². The number of amides is 4. The molecular weight excluding hydrogens is 396 g/mol. The summed E-state index contributed by atoms with van der Waals surface area (Å²) < 4.78 is 0. The van der Waals surface area contributed by atoms with Crippen molar-refractivity contribution in [1.82, 2.24) is 10.2 Å². The maximum atomic E-state index is 13.5. The fourth-order valence-electron chi connectivity index (χ4n) is 5.32. The van der Waals surface area contributed by atoms with Gasteiger partial charge in [0.2, 0.25) is 23.6 Å². The summed E-state index contributed by atoms with van der Waals surface area (Å²) in [5.41, 5.74) is 6.26. The predicted molar refractivity (Wildman–Crippen MR) is 111 cm³/mol. The second-order valence-corrected chi connectivity index (χ2v) is 8.30. The number of nitrogens with one attached hydrogen (secondary N) is 2. The molecule has 0 aromatic heterocycles. The first-order chi connectivity index (χ1) is 14.9. The fourth-order valence-corrected chi connectivity index (χ4v) is 5.32. The minimum absolute atomic E-state index is 0.135. The zero-order valence-electron chi connectivity index (χ0n) is 16.7. The molecule has 0 radical (unpaired) electrons. The highest BCUT2D eigenvalue weighted by Gasteiger charge is 2.70. The van der Waals surface area contributed by atoms with Gasteiger partial charge in [-0.2, -0.15) is 0 Å². The van der Waals surface area contributed by atoms with Gasteiger partial charge in [0.05, 0.1) is 11.8 Å². The van der Waals surface area contributed by atoms with E-state index in [-0.39, 0.29) is 24.8 Å². The lowest BCUT2D eigenvalue weighted by atomic mass is 9.76. The van der Waals surface area contributed by atoms with Gasteiger partial charge in [-0.25, -0.2) is 0 Å². The smallest absolute Gasteiger partial charge is 0.250 e. The maximum Gasteiger partial charge on any atom is 0.250 e. The molecule has 2 saturated heterocycles. The molecule has 2 aromatic carbocycles. The van der Waals surface area contributed by atoms with Gasteiger partial charge in [0.15, 0.2) is 0 Å². The monoisotopic (exact) mass is 418 g/mol. The van der Waals surface area contributed by atoms with E-state index in [1.807, 2.05) is 30.3 Å². The summed E-state index contributed by atoms with van der Waals surface area (Å²) in [6.45, 7) is 0.220. The van der Waals surface area contributed by atoms with Gasteiger partial charge in [-0.05, 0) is 18.1 Å². The van der Waals surface area contributed by atoms with E-state index in [1.165, 1.54) is 4.90 Å². The Morgan fingerprint density at radius 3 is 2.45 bits per heavy atom. The number of hydrogen-bond donors (Lipinski definition) is 3. The summed E-state index contributed by atoms with van der Waals surface area (Å²) >= 11 is 0. The van der Waals surface area contributed by atoms with E-state index in [0.717, 1.165) is 5.56 Å². The van der Waals surface area contributed by atoms with Gasteiger partial charge in [0.1, 0.15) is 5.54 Å². The minimum atomic E-state index is -1.39. The fraction of sp³-hybridized carbons (Fsp3) is 0.304. The van der Waals surface area contributed by atoms with Crippen LogP contribution in [0.15, 0.2) is 54.6 Å². The maximum absolute atomic E-state index is 13.5. The van der Waals surface area contributed by atoms with Crippen LogP contribution in [0, 0.1) is 11.8 Å². The zero-order chi connectivity index (χ0) is 21.8. The predicted octanol–water partition coefficient (Wildman–Crippen LogP) is 0.525. The highest BCUT2D eigenvalue weighted by molar-refractivity contribution is 6.15. The molecule has 0 aliphatic carbocycles. The Morgan fingerprint density at radius 1 is 1.00 bits per heavy atom. The summed E-state index contributed by atoms with van der Waals surface area (Å²) in [4.78, 5) is 53.1. The van der Waals surface area contributed by atoms with Gasteiger partial charge in [0, 0.05) is 30.3 Å². The third-order valence-electron chi connectivity index (χ3n) is 6.60. The molecule has 0 unspecified atom stereocenters. The molecule has 0 saturated carbocycles. The van der Waals surface area contributed by atoms with Gasteiger partial charge in [-0.15, -0.1) is 0 Å². The number of anilines is 1. The van der Waals surface area contributed by atoms with Crippen LogP contribution in [0.2, 0.25) is 0 Å². The van der Waals surface area contributed by atoms with Crippen molar-refractivity contribution in [1.29, 1.82) is 0 Å². The molecular formula is C23H22N4O4. The second-order valence-electron chi connectivity index (χ2n) is 8.30. The van der Waals surface area contributed by atoms with E-state index >= 15 is 0 Å². The Bertz CT molecular complexity index is 1100. The minimum Gasteiger partial charge on any atom is -0.370 e. The normalized spacial score (nSPS) is 28.7. The molecule has 158 valence electrons. The van der Waals surface area contributed by atoms with E-state index < -0.39 is 35.2 Å². The highest BCUT2D eigenvalue weighted by Crippen LogP contribution is 2.53. The molecule has 3 aliphatic heterocycles. The van der Waals surface area contributed by atoms with Crippen molar-refractivity contribution in [2.24, 2.45) is 17.6 Å². The van der Waals surface area contributed by atoms with Crippen molar-refractivity contribution >= 4 is 29.3 Å². The topological polar surface area (TPSA) is 122 Å². The van der Waals surface area contributed by atoms with Crippen LogP contribution in [-0.2, 0) is 31.1 Å². The molecule has 4 atom stereocenters. The molecule has 8 nitrogen and oxygen atoms in total. The molecule has 8 heteroatoms. The summed E-state index contributed by atoms with van der Waals surface area (Å²) in [6, 6.07) is 16.0. The van der Waals surface area contributed by atoms with E-state index in [1.54, 1.807) is 24.3 Å². The van der Waals surface area contributed by atoms with Gasteiger partial charge in [-0.1, -0.05) is 48.5 Å². The molecule has 31 heavy (non-hydrogen) atoms. The number of benzene rings is 2. The molecule has 3 aliphatic rings. The Kier molecular flexibility index (Phi) is 4.40. The largest absolute Gasteiger partial charge is 0.370 e. The molecule has 2 aromatic rings. The third-order valence-corrected chi connectivity index (χ3v) is 6.60. The molecule has 5 rings (SSSR count). The second kappa shape index (κ2) is 7.02. The Labute approximate surface area is 178 Å². The van der Waals surface area contributed by atoms with Crippen molar-refractivity contribution < 1.29 is 19.2 Å². The summed E-state index contributed by atoms with van der Waals surface area (Å²) in [7, 11) is 0. The van der Waals surface area contributed by atoms with Gasteiger partial charge in [-0.3, -0.25) is 29.4 Å².